The molecule has 1 unspecified atom stereocenters. The van der Waals surface area contributed by atoms with Crippen LogP contribution < -0.4 is 20.7 Å². The molecule has 0 heterocycles. The summed E-state index contributed by atoms with van der Waals surface area (Å²) in [5.74, 6) is -14.4. The number of aliphatic carboxylic acids is 1. The van der Waals surface area contributed by atoms with Crippen molar-refractivity contribution in [2.45, 2.75) is 63.5 Å². The molecule has 3 amide bonds. The van der Waals surface area contributed by atoms with Gasteiger partial charge in [-0.3, -0.25) is 29.0 Å². The lowest BCUT2D eigenvalue weighted by molar-refractivity contribution is -0.191. The second-order valence-corrected chi connectivity index (χ2v) is 16.0. The Morgan fingerprint density at radius 1 is 1.02 bits per heavy atom. The molecular formula is C39H46FN5O13. The van der Waals surface area contributed by atoms with Gasteiger partial charge in [-0.2, -0.15) is 0 Å². The zero-order valence-corrected chi connectivity index (χ0v) is 33.0. The molecule has 0 spiro atoms. The first-order valence-corrected chi connectivity index (χ1v) is 18.0. The Morgan fingerprint density at radius 3 is 2.14 bits per heavy atom. The van der Waals surface area contributed by atoms with Gasteiger partial charge in [-0.1, -0.05) is 0 Å². The van der Waals surface area contributed by atoms with Gasteiger partial charge in [0.25, 0.3) is 5.91 Å². The number of aliphatic hydroxyl groups excluding tert-OH is 2. The lowest BCUT2D eigenvalue weighted by Crippen LogP contribution is -2.63. The first-order valence-electron chi connectivity index (χ1n) is 18.0. The highest BCUT2D eigenvalue weighted by molar-refractivity contribution is 6.25. The van der Waals surface area contributed by atoms with Crippen LogP contribution in [0.1, 0.15) is 50.0 Å². The molecule has 19 heteroatoms. The molecule has 8 N–H and O–H groups in total. The zero-order chi connectivity index (χ0) is 43.6. The minimum absolute atomic E-state index is 0.0180. The minimum atomic E-state index is -2.86. The number of carbonyl (C=O) groups excluding carboxylic acids is 5. The van der Waals surface area contributed by atoms with E-state index >= 15 is 0 Å². The predicted octanol–water partition coefficient (Wildman–Crippen LogP) is 2.38. The number of rotatable bonds is 10. The molecule has 5 rings (SSSR count). The number of aromatic hydroxyl groups is 1. The van der Waals surface area contributed by atoms with Gasteiger partial charge in [0.2, 0.25) is 11.7 Å². The number of fused-ring (bicyclic) bond motifs is 3. The number of halogens is 1. The minimum Gasteiger partial charge on any atom is -0.510 e. The Hall–Kier alpha value is -6.21. The molecule has 3 aliphatic rings. The van der Waals surface area contributed by atoms with Crippen LogP contribution in [0, 0.1) is 17.7 Å². The van der Waals surface area contributed by atoms with Crippen molar-refractivity contribution in [1.29, 1.82) is 0 Å². The number of carboxylic acids is 1. The van der Waals surface area contributed by atoms with Gasteiger partial charge in [-0.05, 0) is 89.5 Å². The Morgan fingerprint density at radius 2 is 1.62 bits per heavy atom. The quantitative estimate of drug-likeness (QED) is 0.103. The predicted molar refractivity (Wildman–Crippen MR) is 203 cm³/mol. The molecule has 3 aliphatic carbocycles. The van der Waals surface area contributed by atoms with Crippen molar-refractivity contribution < 1.29 is 68.2 Å². The average Bonchev–Trinajstić information content (AvgIpc) is 3.09. The first kappa shape index (κ1) is 42.9. The number of hydrogen-bond donors (Lipinski definition) is 7. The van der Waals surface area contributed by atoms with Crippen molar-refractivity contribution in [2.75, 3.05) is 45.0 Å². The maximum atomic E-state index is 14.4. The first-order chi connectivity index (χ1) is 26.8. The number of amides is 3. The van der Waals surface area contributed by atoms with E-state index in [9.17, 15) is 58.7 Å². The second kappa shape index (κ2) is 14.9. The van der Waals surface area contributed by atoms with Crippen LogP contribution in [0.4, 0.5) is 20.6 Å². The van der Waals surface area contributed by atoms with E-state index in [-0.39, 0.29) is 29.8 Å². The standard InChI is InChI=1S/C39H46FN5O13/c1-37(2,3)45(36(55)58-38(4,35(53)54)57-19-11-9-18(40)10-12-19)16-24(46)42-22-15-23(43(5)6)20-13-17-14-21-28(44(7)8)31(49)27(34(41)52)33(51)39(21,56)32(50)25(17)30(48)26(20)29(22)47/h9-12,15,17,21,28,47,49-50,56H,13-14,16H2,1-8H3,(H2,41,52)(H,42,46)(H,53,54)/t17-,21-,28-,38?,39-/m0/s1. The molecule has 0 saturated carbocycles. The lowest BCUT2D eigenvalue weighted by Gasteiger charge is -2.50. The van der Waals surface area contributed by atoms with E-state index in [1.165, 1.54) is 45.8 Å². The van der Waals surface area contributed by atoms with Crippen LogP contribution in [0.25, 0.3) is 0 Å². The summed E-state index contributed by atoms with van der Waals surface area (Å²) in [4.78, 5) is 83.7. The number of anilines is 2. The maximum absolute atomic E-state index is 14.4. The SMILES string of the molecule is CN(C)c1cc(NC(=O)CN(C(=O)OC(C)(Oc2ccc(F)cc2)C(=O)O)C(C)(C)C)c(O)c2c1C[C@H]1C[C@H]3[C@H](N(C)C)C(O)=C(C(N)=O)C(=O)[C@@]3(O)C(O)=C1C2=O. The Labute approximate surface area is 331 Å². The van der Waals surface area contributed by atoms with Gasteiger partial charge in [0.15, 0.2) is 17.1 Å². The number of likely N-dealkylation sites (N-methyl/N-ethyl adjacent to an activating group) is 1. The van der Waals surface area contributed by atoms with Crippen LogP contribution in [0.3, 0.4) is 0 Å². The molecule has 18 nitrogen and oxygen atoms in total. The summed E-state index contributed by atoms with van der Waals surface area (Å²) in [6.45, 7) is 4.74. The molecule has 0 radical (unpaired) electrons. The summed E-state index contributed by atoms with van der Waals surface area (Å²) < 4.78 is 24.1. The third-order valence-corrected chi connectivity index (χ3v) is 10.6. The van der Waals surface area contributed by atoms with E-state index in [1.54, 1.807) is 19.0 Å². The normalized spacial score (nSPS) is 22.6. The smallest absolute Gasteiger partial charge is 0.414 e. The van der Waals surface area contributed by atoms with E-state index in [0.29, 0.717) is 11.3 Å². The summed E-state index contributed by atoms with van der Waals surface area (Å²) in [6.07, 6.45) is -1.45. The molecule has 0 aliphatic heterocycles. The van der Waals surface area contributed by atoms with Gasteiger partial charge < -0.3 is 51.0 Å². The van der Waals surface area contributed by atoms with Gasteiger partial charge in [0.1, 0.15) is 35.2 Å². The molecule has 0 fully saturated rings. The number of nitrogens with two attached hydrogens (primary N) is 1. The van der Waals surface area contributed by atoms with E-state index in [4.69, 9.17) is 15.2 Å². The highest BCUT2D eigenvalue weighted by Gasteiger charge is 2.63. The Balaban J connectivity index is 1.50. The molecule has 5 atom stereocenters. The number of nitrogens with one attached hydrogen (secondary N) is 1. The van der Waals surface area contributed by atoms with E-state index in [1.807, 2.05) is 0 Å². The van der Waals surface area contributed by atoms with Crippen molar-refractivity contribution in [3.8, 4) is 11.5 Å². The van der Waals surface area contributed by atoms with Crippen molar-refractivity contribution >= 4 is 46.8 Å². The number of aliphatic hydroxyl groups is 3. The summed E-state index contributed by atoms with van der Waals surface area (Å²) in [6, 6.07) is 4.47. The maximum Gasteiger partial charge on any atom is 0.414 e. The molecule has 312 valence electrons. The number of allylic oxidation sites excluding steroid dienone is 1. The third kappa shape index (κ3) is 7.26. The molecule has 2 aromatic rings. The second-order valence-electron chi connectivity index (χ2n) is 16.0. The van der Waals surface area contributed by atoms with Crippen LogP contribution in [-0.4, -0.2) is 128 Å². The highest BCUT2D eigenvalue weighted by Crippen LogP contribution is 2.54. The van der Waals surface area contributed by atoms with Crippen molar-refractivity contribution in [3.63, 3.8) is 0 Å². The van der Waals surface area contributed by atoms with Gasteiger partial charge in [0.05, 0.1) is 17.3 Å². The fraction of sp³-hybridized carbons (Fsp3) is 0.436. The number of phenols is 1. The number of nitrogens with zero attached hydrogens (tertiary/aromatic N) is 3. The molecule has 0 bridgehead atoms. The van der Waals surface area contributed by atoms with Gasteiger partial charge in [-0.15, -0.1) is 0 Å². The highest BCUT2D eigenvalue weighted by atomic mass is 19.1. The molecule has 2 aromatic carbocycles. The summed E-state index contributed by atoms with van der Waals surface area (Å²) in [5.41, 5.74) is -0.0264. The number of carbonyl (C=O) groups is 6. The van der Waals surface area contributed by atoms with Crippen LogP contribution >= 0.6 is 0 Å². The van der Waals surface area contributed by atoms with E-state index < -0.39 is 111 Å². The summed E-state index contributed by atoms with van der Waals surface area (Å²) in [7, 11) is 6.30. The van der Waals surface area contributed by atoms with Gasteiger partial charge in [-0.25, -0.2) is 14.0 Å². The van der Waals surface area contributed by atoms with Crippen LogP contribution in [0.2, 0.25) is 0 Å². The molecule has 0 aromatic heterocycles. The molecule has 0 saturated heterocycles. The van der Waals surface area contributed by atoms with Crippen LogP contribution in [-0.2, 0) is 30.3 Å². The Bertz CT molecular complexity index is 2180. The summed E-state index contributed by atoms with van der Waals surface area (Å²) in [5, 5.41) is 58.6. The monoisotopic (exact) mass is 811 g/mol. The van der Waals surface area contributed by atoms with Crippen molar-refractivity contribution in [3.05, 3.63) is 69.9 Å². The number of Topliss-reactive ketones (excluding diaryl/α,β-unsaturated/α-hetero) is 2. The largest absolute Gasteiger partial charge is 0.510 e. The van der Waals surface area contributed by atoms with Crippen molar-refractivity contribution in [1.82, 2.24) is 9.80 Å². The summed E-state index contributed by atoms with van der Waals surface area (Å²) >= 11 is 0. The Kier molecular flexibility index (Phi) is 11.1. The molecular weight excluding hydrogens is 765 g/mol. The number of benzene rings is 2. The lowest BCUT2D eigenvalue weighted by atomic mass is 9.58. The van der Waals surface area contributed by atoms with Crippen LogP contribution in [0.5, 0.6) is 11.5 Å². The number of carboxylic acid groups (broad SMARTS) is 1. The topological polar surface area (TPSA) is 270 Å². The van der Waals surface area contributed by atoms with Gasteiger partial charge >= 0.3 is 17.8 Å². The fourth-order valence-corrected chi connectivity index (χ4v) is 7.76. The number of primary amides is 1. The zero-order valence-electron chi connectivity index (χ0n) is 33.0. The number of ketones is 2. The fourth-order valence-electron chi connectivity index (χ4n) is 7.76. The third-order valence-electron chi connectivity index (χ3n) is 10.6. The number of ether oxygens (including phenoxy) is 2. The van der Waals surface area contributed by atoms with Crippen LogP contribution in [0.15, 0.2) is 53.0 Å². The van der Waals surface area contributed by atoms with E-state index in [0.717, 1.165) is 36.1 Å². The average molecular weight is 812 g/mol. The number of hydrogen-bond acceptors (Lipinski definition) is 14. The number of phenolic OH excluding ortho intramolecular Hbond substituents is 1. The van der Waals surface area contributed by atoms with Crippen molar-refractivity contribution in [2.24, 2.45) is 17.6 Å². The van der Waals surface area contributed by atoms with Gasteiger partial charge in [0, 0.05) is 43.7 Å². The van der Waals surface area contributed by atoms with E-state index in [2.05, 4.69) is 5.32 Å². The molecule has 58 heavy (non-hydrogen) atoms.